The monoisotopic (exact) mass is 253 g/mol. The Morgan fingerprint density at radius 2 is 2.00 bits per heavy atom. The fourth-order valence-electron chi connectivity index (χ4n) is 1.52. The van der Waals surface area contributed by atoms with Crippen molar-refractivity contribution in [3.8, 4) is 5.75 Å². The Morgan fingerprint density at radius 1 is 1.39 bits per heavy atom. The maximum atomic E-state index is 11.6. The first-order chi connectivity index (χ1) is 8.52. The van der Waals surface area contributed by atoms with Crippen molar-refractivity contribution in [3.63, 3.8) is 0 Å². The van der Waals surface area contributed by atoms with Crippen LogP contribution in [0.1, 0.15) is 12.5 Å². The SMILES string of the molecule is COCC(C)OC(=O)[C@H](N)Cc1ccc(O)cc1. The van der Waals surface area contributed by atoms with E-state index in [0.29, 0.717) is 13.0 Å². The Hall–Kier alpha value is -1.59. The first kappa shape index (κ1) is 14.5. The number of hydrogen-bond donors (Lipinski definition) is 2. The van der Waals surface area contributed by atoms with Gasteiger partial charge >= 0.3 is 5.97 Å². The maximum absolute atomic E-state index is 11.6. The number of phenols is 1. The van der Waals surface area contributed by atoms with Crippen molar-refractivity contribution in [2.75, 3.05) is 13.7 Å². The first-order valence-corrected chi connectivity index (χ1v) is 5.76. The summed E-state index contributed by atoms with van der Waals surface area (Å²) in [5.74, 6) is -0.267. The normalized spacial score (nSPS) is 13.9. The molecule has 0 radical (unpaired) electrons. The first-order valence-electron chi connectivity index (χ1n) is 5.76. The van der Waals surface area contributed by atoms with Crippen LogP contribution in [0.2, 0.25) is 0 Å². The zero-order valence-electron chi connectivity index (χ0n) is 10.6. The number of ether oxygens (including phenoxy) is 2. The zero-order chi connectivity index (χ0) is 13.5. The fourth-order valence-corrected chi connectivity index (χ4v) is 1.52. The van der Waals surface area contributed by atoms with Gasteiger partial charge in [0, 0.05) is 7.11 Å². The summed E-state index contributed by atoms with van der Waals surface area (Å²) in [7, 11) is 1.54. The molecule has 2 atom stereocenters. The minimum Gasteiger partial charge on any atom is -0.508 e. The lowest BCUT2D eigenvalue weighted by molar-refractivity contribution is -0.152. The predicted octanol–water partition coefficient (Wildman–Crippen LogP) is 0.840. The number of nitrogens with two attached hydrogens (primary N) is 1. The van der Waals surface area contributed by atoms with Crippen molar-refractivity contribution in [1.29, 1.82) is 0 Å². The van der Waals surface area contributed by atoms with E-state index < -0.39 is 12.0 Å². The largest absolute Gasteiger partial charge is 0.508 e. The van der Waals surface area contributed by atoms with E-state index in [0.717, 1.165) is 5.56 Å². The summed E-state index contributed by atoms with van der Waals surface area (Å²) >= 11 is 0. The summed E-state index contributed by atoms with van der Waals surface area (Å²) in [4.78, 5) is 11.6. The molecule has 1 aromatic carbocycles. The zero-order valence-corrected chi connectivity index (χ0v) is 10.6. The van der Waals surface area contributed by atoms with Crippen LogP contribution in [0, 0.1) is 0 Å². The molecule has 0 aliphatic heterocycles. The van der Waals surface area contributed by atoms with E-state index in [2.05, 4.69) is 0 Å². The van der Waals surface area contributed by atoms with E-state index in [4.69, 9.17) is 20.3 Å². The van der Waals surface area contributed by atoms with Crippen molar-refractivity contribution < 1.29 is 19.4 Å². The second kappa shape index (κ2) is 6.98. The van der Waals surface area contributed by atoms with Crippen LogP contribution in [0.25, 0.3) is 0 Å². The number of benzene rings is 1. The second-order valence-electron chi connectivity index (χ2n) is 4.18. The Bertz CT molecular complexity index is 377. The number of hydrogen-bond acceptors (Lipinski definition) is 5. The van der Waals surface area contributed by atoms with Gasteiger partial charge in [-0.3, -0.25) is 4.79 Å². The number of carbonyl (C=O) groups is 1. The number of phenolic OH excluding ortho intramolecular Hbond substituents is 1. The van der Waals surface area contributed by atoms with Crippen LogP contribution in [-0.2, 0) is 20.7 Å². The molecule has 1 aromatic rings. The average Bonchev–Trinajstić information content (AvgIpc) is 2.32. The Kier molecular flexibility index (Phi) is 5.61. The van der Waals surface area contributed by atoms with Gasteiger partial charge in [-0.25, -0.2) is 0 Å². The van der Waals surface area contributed by atoms with Crippen LogP contribution < -0.4 is 5.73 Å². The molecule has 0 heterocycles. The highest BCUT2D eigenvalue weighted by atomic mass is 16.6. The second-order valence-corrected chi connectivity index (χ2v) is 4.18. The number of carbonyl (C=O) groups excluding carboxylic acids is 1. The minimum atomic E-state index is -0.714. The summed E-state index contributed by atoms with van der Waals surface area (Å²) in [5, 5.41) is 9.14. The molecular weight excluding hydrogens is 234 g/mol. The molecule has 0 amide bonds. The van der Waals surface area contributed by atoms with Gasteiger partial charge in [0.2, 0.25) is 0 Å². The highest BCUT2D eigenvalue weighted by Crippen LogP contribution is 2.11. The molecule has 18 heavy (non-hydrogen) atoms. The van der Waals surface area contributed by atoms with Crippen LogP contribution in [0.3, 0.4) is 0 Å². The van der Waals surface area contributed by atoms with Gasteiger partial charge in [-0.15, -0.1) is 0 Å². The summed E-state index contributed by atoms with van der Waals surface area (Å²) in [6.07, 6.45) is 0.0621. The third-order valence-electron chi connectivity index (χ3n) is 2.41. The highest BCUT2D eigenvalue weighted by molar-refractivity contribution is 5.76. The molecule has 0 aromatic heterocycles. The third kappa shape index (κ3) is 4.73. The quantitative estimate of drug-likeness (QED) is 0.734. The molecule has 1 rings (SSSR count). The number of methoxy groups -OCH3 is 1. The van der Waals surface area contributed by atoms with Crippen molar-refractivity contribution in [3.05, 3.63) is 29.8 Å². The smallest absolute Gasteiger partial charge is 0.323 e. The van der Waals surface area contributed by atoms with E-state index in [9.17, 15) is 4.79 Å². The van der Waals surface area contributed by atoms with Gasteiger partial charge in [0.05, 0.1) is 6.61 Å². The molecule has 5 heteroatoms. The third-order valence-corrected chi connectivity index (χ3v) is 2.41. The molecule has 1 unspecified atom stereocenters. The Morgan fingerprint density at radius 3 is 2.56 bits per heavy atom. The maximum Gasteiger partial charge on any atom is 0.323 e. The van der Waals surface area contributed by atoms with E-state index >= 15 is 0 Å². The molecule has 0 fully saturated rings. The van der Waals surface area contributed by atoms with Crippen molar-refractivity contribution in [2.45, 2.75) is 25.5 Å². The predicted molar refractivity (Wildman–Crippen MR) is 67.2 cm³/mol. The summed E-state index contributed by atoms with van der Waals surface area (Å²) in [6, 6.07) is 5.85. The number of rotatable bonds is 6. The van der Waals surface area contributed by atoms with Gasteiger partial charge in [-0.05, 0) is 31.0 Å². The molecule has 0 saturated heterocycles. The Labute approximate surface area is 107 Å². The molecule has 0 saturated carbocycles. The highest BCUT2D eigenvalue weighted by Gasteiger charge is 2.18. The molecular formula is C13H19NO4. The standard InChI is InChI=1S/C13H19NO4/c1-9(8-17-2)18-13(16)12(14)7-10-3-5-11(15)6-4-10/h3-6,9,12,15H,7-8,14H2,1-2H3/t9?,12-/m1/s1. The van der Waals surface area contributed by atoms with E-state index in [1.54, 1.807) is 38.3 Å². The molecule has 0 bridgehead atoms. The van der Waals surface area contributed by atoms with Crippen molar-refractivity contribution in [1.82, 2.24) is 0 Å². The Balaban J connectivity index is 2.46. The van der Waals surface area contributed by atoms with E-state index in [1.807, 2.05) is 0 Å². The van der Waals surface area contributed by atoms with Crippen LogP contribution in [0.5, 0.6) is 5.75 Å². The molecule has 3 N–H and O–H groups in total. The molecule has 0 aliphatic rings. The lowest BCUT2D eigenvalue weighted by Gasteiger charge is -2.16. The fraction of sp³-hybridized carbons (Fsp3) is 0.462. The van der Waals surface area contributed by atoms with Crippen molar-refractivity contribution >= 4 is 5.97 Å². The van der Waals surface area contributed by atoms with Gasteiger partial charge in [-0.1, -0.05) is 12.1 Å². The lowest BCUT2D eigenvalue weighted by atomic mass is 10.1. The van der Waals surface area contributed by atoms with Crippen LogP contribution in [-0.4, -0.2) is 36.9 Å². The van der Waals surface area contributed by atoms with Crippen LogP contribution in [0.4, 0.5) is 0 Å². The average molecular weight is 253 g/mol. The summed E-state index contributed by atoms with van der Waals surface area (Å²) < 4.78 is 9.98. The van der Waals surface area contributed by atoms with Gasteiger partial charge in [0.15, 0.2) is 0 Å². The number of aromatic hydroxyl groups is 1. The van der Waals surface area contributed by atoms with Gasteiger partial charge in [-0.2, -0.15) is 0 Å². The summed E-state index contributed by atoms with van der Waals surface area (Å²) in [6.45, 7) is 2.09. The molecule has 0 aliphatic carbocycles. The minimum absolute atomic E-state index is 0.184. The van der Waals surface area contributed by atoms with Gasteiger partial charge < -0.3 is 20.3 Å². The van der Waals surface area contributed by atoms with Crippen LogP contribution in [0.15, 0.2) is 24.3 Å². The number of esters is 1. The molecule has 0 spiro atoms. The van der Waals surface area contributed by atoms with Crippen LogP contribution >= 0.6 is 0 Å². The van der Waals surface area contributed by atoms with Gasteiger partial charge in [0.25, 0.3) is 0 Å². The molecule has 100 valence electrons. The topological polar surface area (TPSA) is 81.8 Å². The van der Waals surface area contributed by atoms with Crippen molar-refractivity contribution in [2.24, 2.45) is 5.73 Å². The molecule has 5 nitrogen and oxygen atoms in total. The lowest BCUT2D eigenvalue weighted by Crippen LogP contribution is -2.37. The van der Waals surface area contributed by atoms with E-state index in [-0.39, 0.29) is 11.9 Å². The van der Waals surface area contributed by atoms with Gasteiger partial charge in [0.1, 0.15) is 17.9 Å². The van der Waals surface area contributed by atoms with E-state index in [1.165, 1.54) is 0 Å². The summed E-state index contributed by atoms with van der Waals surface area (Å²) in [5.41, 5.74) is 6.63.